The molecule has 114 valence electrons. The van der Waals surface area contributed by atoms with Crippen LogP contribution < -0.4 is 10.2 Å². The third-order valence-electron chi connectivity index (χ3n) is 3.91. The van der Waals surface area contributed by atoms with Gasteiger partial charge in [0.05, 0.1) is 5.69 Å². The van der Waals surface area contributed by atoms with E-state index >= 15 is 0 Å². The first-order valence-corrected chi connectivity index (χ1v) is 8.98. The van der Waals surface area contributed by atoms with Gasteiger partial charge in [-0.1, -0.05) is 25.2 Å². The lowest BCUT2D eigenvalue weighted by Gasteiger charge is -2.25. The highest BCUT2D eigenvalue weighted by Gasteiger charge is 2.26. The molecule has 0 radical (unpaired) electrons. The molecule has 4 heteroatoms. The van der Waals surface area contributed by atoms with Crippen molar-refractivity contribution in [3.63, 3.8) is 0 Å². The predicted molar refractivity (Wildman–Crippen MR) is 88.9 cm³/mol. The van der Waals surface area contributed by atoms with Gasteiger partial charge in [0.2, 0.25) is 0 Å². The number of nitrogens with zero attached hydrogens (tertiary/aromatic N) is 2. The molecular weight excluding hydrogens is 266 g/mol. The Hall–Kier alpha value is -0.610. The summed E-state index contributed by atoms with van der Waals surface area (Å²) >= 11 is 1.92. The summed E-state index contributed by atoms with van der Waals surface area (Å²) in [7, 11) is 0. The summed E-state index contributed by atoms with van der Waals surface area (Å²) in [6, 6.07) is 1.07. The average molecular weight is 295 g/mol. The van der Waals surface area contributed by atoms with Crippen molar-refractivity contribution in [3.05, 3.63) is 10.6 Å². The third kappa shape index (κ3) is 3.53. The molecule has 1 aliphatic carbocycles. The lowest BCUT2D eigenvalue weighted by atomic mass is 9.98. The molecule has 1 aromatic heterocycles. The Labute approximate surface area is 127 Å². The van der Waals surface area contributed by atoms with Crippen LogP contribution in [0.4, 0.5) is 5.13 Å². The first kappa shape index (κ1) is 15.8. The van der Waals surface area contributed by atoms with Crippen LogP contribution in [0.1, 0.15) is 70.0 Å². The molecule has 1 unspecified atom stereocenters. The Kier molecular flexibility index (Phi) is 5.85. The van der Waals surface area contributed by atoms with E-state index in [0.717, 1.165) is 19.5 Å². The SMILES string of the molecule is CCCNC1CCCc2nc(N(CCC)C(C)C)sc21. The Morgan fingerprint density at radius 2 is 2.15 bits per heavy atom. The number of aryl methyl sites for hydroxylation is 1. The van der Waals surface area contributed by atoms with E-state index in [4.69, 9.17) is 4.98 Å². The highest BCUT2D eigenvalue weighted by molar-refractivity contribution is 7.15. The van der Waals surface area contributed by atoms with Crippen LogP contribution in [0, 0.1) is 0 Å². The van der Waals surface area contributed by atoms with E-state index in [0.29, 0.717) is 12.1 Å². The number of hydrogen-bond acceptors (Lipinski definition) is 4. The van der Waals surface area contributed by atoms with Crippen molar-refractivity contribution in [2.45, 2.75) is 71.9 Å². The van der Waals surface area contributed by atoms with Crippen LogP contribution in [-0.2, 0) is 6.42 Å². The second-order valence-electron chi connectivity index (χ2n) is 5.99. The molecule has 1 aliphatic rings. The highest BCUT2D eigenvalue weighted by Crippen LogP contribution is 2.38. The quantitative estimate of drug-likeness (QED) is 0.819. The molecule has 1 aromatic rings. The summed E-state index contributed by atoms with van der Waals surface area (Å²) in [5.41, 5.74) is 1.35. The molecule has 0 fully saturated rings. The molecule has 3 nitrogen and oxygen atoms in total. The van der Waals surface area contributed by atoms with Gasteiger partial charge in [-0.2, -0.15) is 0 Å². The number of nitrogens with one attached hydrogen (secondary N) is 1. The van der Waals surface area contributed by atoms with E-state index in [2.05, 4.69) is 37.9 Å². The zero-order valence-corrected chi connectivity index (χ0v) is 14.2. The van der Waals surface area contributed by atoms with Crippen LogP contribution in [0.25, 0.3) is 0 Å². The number of thiazole rings is 1. The first-order chi connectivity index (χ1) is 9.67. The molecule has 0 aliphatic heterocycles. The van der Waals surface area contributed by atoms with Gasteiger partial charge in [0, 0.05) is 23.5 Å². The maximum absolute atomic E-state index is 4.95. The van der Waals surface area contributed by atoms with Crippen LogP contribution in [0.5, 0.6) is 0 Å². The summed E-state index contributed by atoms with van der Waals surface area (Å²) < 4.78 is 0. The molecule has 1 N–H and O–H groups in total. The summed E-state index contributed by atoms with van der Waals surface area (Å²) in [6.07, 6.45) is 6.08. The molecule has 0 bridgehead atoms. The van der Waals surface area contributed by atoms with Crippen molar-refractivity contribution in [1.82, 2.24) is 10.3 Å². The maximum atomic E-state index is 4.95. The van der Waals surface area contributed by atoms with Crippen molar-refractivity contribution in [2.24, 2.45) is 0 Å². The second kappa shape index (κ2) is 7.41. The summed E-state index contributed by atoms with van der Waals surface area (Å²) in [6.45, 7) is 11.2. The molecule has 0 saturated carbocycles. The highest BCUT2D eigenvalue weighted by atomic mass is 32.1. The first-order valence-electron chi connectivity index (χ1n) is 8.17. The topological polar surface area (TPSA) is 28.2 Å². The molecule has 0 saturated heterocycles. The van der Waals surface area contributed by atoms with E-state index < -0.39 is 0 Å². The van der Waals surface area contributed by atoms with E-state index in [1.54, 1.807) is 0 Å². The Morgan fingerprint density at radius 3 is 2.80 bits per heavy atom. The van der Waals surface area contributed by atoms with Crippen molar-refractivity contribution in [2.75, 3.05) is 18.0 Å². The van der Waals surface area contributed by atoms with Gasteiger partial charge in [-0.15, -0.1) is 0 Å². The van der Waals surface area contributed by atoms with Crippen LogP contribution in [0.15, 0.2) is 0 Å². The van der Waals surface area contributed by atoms with Gasteiger partial charge in [-0.25, -0.2) is 4.98 Å². The van der Waals surface area contributed by atoms with E-state index in [9.17, 15) is 0 Å². The van der Waals surface area contributed by atoms with Crippen LogP contribution in [-0.4, -0.2) is 24.1 Å². The third-order valence-corrected chi connectivity index (χ3v) is 5.16. The van der Waals surface area contributed by atoms with Gasteiger partial charge in [-0.05, 0) is 52.5 Å². The Balaban J connectivity index is 2.19. The molecule has 0 spiro atoms. The van der Waals surface area contributed by atoms with Gasteiger partial charge >= 0.3 is 0 Å². The lowest BCUT2D eigenvalue weighted by Crippen LogP contribution is -2.31. The van der Waals surface area contributed by atoms with Crippen molar-refractivity contribution < 1.29 is 0 Å². The number of anilines is 1. The zero-order chi connectivity index (χ0) is 14.5. The predicted octanol–water partition coefficient (Wildman–Crippen LogP) is 4.14. The minimum absolute atomic E-state index is 0.532. The normalized spacial score (nSPS) is 18.4. The van der Waals surface area contributed by atoms with Gasteiger partial charge in [-0.3, -0.25) is 0 Å². The molecule has 0 amide bonds. The van der Waals surface area contributed by atoms with Gasteiger partial charge < -0.3 is 10.2 Å². The van der Waals surface area contributed by atoms with Gasteiger partial charge in [0.25, 0.3) is 0 Å². The van der Waals surface area contributed by atoms with Crippen LogP contribution >= 0.6 is 11.3 Å². The van der Waals surface area contributed by atoms with Crippen molar-refractivity contribution >= 4 is 16.5 Å². The number of rotatable bonds is 7. The minimum Gasteiger partial charge on any atom is -0.346 e. The minimum atomic E-state index is 0.532. The van der Waals surface area contributed by atoms with Gasteiger partial charge in [0.15, 0.2) is 5.13 Å². The Bertz CT molecular complexity index is 414. The smallest absolute Gasteiger partial charge is 0.186 e. The van der Waals surface area contributed by atoms with Crippen molar-refractivity contribution in [1.29, 1.82) is 0 Å². The second-order valence-corrected chi connectivity index (χ2v) is 7.00. The van der Waals surface area contributed by atoms with Crippen molar-refractivity contribution in [3.8, 4) is 0 Å². The molecule has 1 atom stereocenters. The van der Waals surface area contributed by atoms with Gasteiger partial charge in [0.1, 0.15) is 0 Å². The van der Waals surface area contributed by atoms with Crippen LogP contribution in [0.3, 0.4) is 0 Å². The monoisotopic (exact) mass is 295 g/mol. The lowest BCUT2D eigenvalue weighted by molar-refractivity contribution is 0.464. The standard InChI is InChI=1S/C16H29N3S/c1-5-10-17-13-8-7-9-14-15(13)20-16(18-14)19(11-6-2)12(3)4/h12-13,17H,5-11H2,1-4H3. The molecule has 1 heterocycles. The molecule has 20 heavy (non-hydrogen) atoms. The number of fused-ring (bicyclic) bond motifs is 1. The summed E-state index contributed by atoms with van der Waals surface area (Å²) in [4.78, 5) is 8.91. The fourth-order valence-electron chi connectivity index (χ4n) is 2.86. The average Bonchev–Trinajstić information content (AvgIpc) is 2.86. The zero-order valence-electron chi connectivity index (χ0n) is 13.4. The number of hydrogen-bond donors (Lipinski definition) is 1. The number of aromatic nitrogens is 1. The van der Waals surface area contributed by atoms with E-state index in [1.165, 1.54) is 41.4 Å². The largest absolute Gasteiger partial charge is 0.346 e. The van der Waals surface area contributed by atoms with Crippen LogP contribution in [0.2, 0.25) is 0 Å². The Morgan fingerprint density at radius 1 is 1.35 bits per heavy atom. The van der Waals surface area contributed by atoms with E-state index in [-0.39, 0.29) is 0 Å². The molecular formula is C16H29N3S. The molecule has 2 rings (SSSR count). The summed E-state index contributed by atoms with van der Waals surface area (Å²) in [5.74, 6) is 0. The fourth-order valence-corrected chi connectivity index (χ4v) is 4.24. The molecule has 0 aromatic carbocycles. The fraction of sp³-hybridized carbons (Fsp3) is 0.812. The van der Waals surface area contributed by atoms with E-state index in [1.807, 2.05) is 11.3 Å². The maximum Gasteiger partial charge on any atom is 0.186 e. The summed E-state index contributed by atoms with van der Waals surface area (Å²) in [5, 5.41) is 4.93.